The molecule has 0 aliphatic heterocycles. The van der Waals surface area contributed by atoms with Gasteiger partial charge in [0.05, 0.1) is 5.52 Å². The zero-order valence-corrected chi connectivity index (χ0v) is 10.0. The molecule has 1 heterocycles. The molecule has 4 nitrogen and oxygen atoms in total. The summed E-state index contributed by atoms with van der Waals surface area (Å²) < 4.78 is 5.67. The third kappa shape index (κ3) is 2.47. The maximum Gasteiger partial charge on any atom is 0.248 e. The van der Waals surface area contributed by atoms with E-state index in [1.165, 1.54) is 6.07 Å². The van der Waals surface area contributed by atoms with Gasteiger partial charge in [-0.1, -0.05) is 6.07 Å². The second-order valence-electron chi connectivity index (χ2n) is 3.94. The van der Waals surface area contributed by atoms with Crippen LogP contribution in [0.2, 0.25) is 0 Å². The average Bonchev–Trinajstić information content (AvgIpc) is 2.33. The summed E-state index contributed by atoms with van der Waals surface area (Å²) in [6.45, 7) is 3.36. The number of fused-ring (bicyclic) bond motifs is 1. The molecule has 2 N–H and O–H groups in total. The predicted octanol–water partition coefficient (Wildman–Crippen LogP) is 1.43. The van der Waals surface area contributed by atoms with Crippen LogP contribution in [0.1, 0.15) is 5.56 Å². The lowest BCUT2D eigenvalue weighted by Crippen LogP contribution is -2.16. The third-order valence-electron chi connectivity index (χ3n) is 2.67. The van der Waals surface area contributed by atoms with Crippen LogP contribution in [0.5, 0.6) is 5.75 Å². The first-order chi connectivity index (χ1) is 8.22. The molecule has 0 bridgehead atoms. The van der Waals surface area contributed by atoms with Gasteiger partial charge in [-0.3, -0.25) is 4.79 Å². The van der Waals surface area contributed by atoms with E-state index in [1.807, 2.05) is 26.1 Å². The van der Waals surface area contributed by atoms with Crippen molar-refractivity contribution in [2.75, 3.05) is 20.2 Å². The summed E-state index contributed by atoms with van der Waals surface area (Å²) in [5.41, 5.74) is 1.80. The van der Waals surface area contributed by atoms with Gasteiger partial charge in [-0.25, -0.2) is 0 Å². The van der Waals surface area contributed by atoms with E-state index in [-0.39, 0.29) is 5.56 Å². The van der Waals surface area contributed by atoms with E-state index in [4.69, 9.17) is 4.74 Å². The quantitative estimate of drug-likeness (QED) is 0.784. The zero-order valence-electron chi connectivity index (χ0n) is 10.0. The highest BCUT2D eigenvalue weighted by atomic mass is 16.5. The molecule has 0 amide bonds. The minimum absolute atomic E-state index is 0.0898. The number of aryl methyl sites for hydroxylation is 1. The number of aromatic nitrogens is 1. The first kappa shape index (κ1) is 11.7. The summed E-state index contributed by atoms with van der Waals surface area (Å²) in [6, 6.07) is 7.21. The first-order valence-corrected chi connectivity index (χ1v) is 5.62. The van der Waals surface area contributed by atoms with Crippen LogP contribution in [0, 0.1) is 6.92 Å². The molecule has 2 aromatic rings. The highest BCUT2D eigenvalue weighted by Gasteiger charge is 2.05. The van der Waals surface area contributed by atoms with Gasteiger partial charge in [0.2, 0.25) is 5.56 Å². The van der Waals surface area contributed by atoms with Crippen molar-refractivity contribution >= 4 is 10.9 Å². The van der Waals surface area contributed by atoms with Gasteiger partial charge in [0.25, 0.3) is 0 Å². The Morgan fingerprint density at radius 3 is 2.88 bits per heavy atom. The van der Waals surface area contributed by atoms with E-state index in [9.17, 15) is 4.79 Å². The second kappa shape index (κ2) is 5.01. The van der Waals surface area contributed by atoms with Crippen molar-refractivity contribution in [1.82, 2.24) is 10.3 Å². The molecule has 0 spiro atoms. The smallest absolute Gasteiger partial charge is 0.248 e. The maximum absolute atomic E-state index is 11.3. The van der Waals surface area contributed by atoms with Crippen LogP contribution in [-0.4, -0.2) is 25.2 Å². The van der Waals surface area contributed by atoms with Crippen molar-refractivity contribution in [2.24, 2.45) is 0 Å². The topological polar surface area (TPSA) is 54.1 Å². The fourth-order valence-electron chi connectivity index (χ4n) is 1.75. The third-order valence-corrected chi connectivity index (χ3v) is 2.67. The van der Waals surface area contributed by atoms with Crippen molar-refractivity contribution in [2.45, 2.75) is 6.92 Å². The van der Waals surface area contributed by atoms with E-state index in [0.29, 0.717) is 6.61 Å². The monoisotopic (exact) mass is 232 g/mol. The van der Waals surface area contributed by atoms with Crippen LogP contribution in [0.15, 0.2) is 29.1 Å². The molecule has 0 aliphatic carbocycles. The molecule has 90 valence electrons. The van der Waals surface area contributed by atoms with Gasteiger partial charge in [-0.15, -0.1) is 0 Å². The summed E-state index contributed by atoms with van der Waals surface area (Å²) >= 11 is 0. The van der Waals surface area contributed by atoms with Crippen molar-refractivity contribution in [1.29, 1.82) is 0 Å². The number of hydrogen-bond acceptors (Lipinski definition) is 3. The van der Waals surface area contributed by atoms with Crippen LogP contribution >= 0.6 is 0 Å². The highest BCUT2D eigenvalue weighted by Crippen LogP contribution is 2.25. The number of H-pyrrole nitrogens is 1. The molecule has 0 aliphatic rings. The van der Waals surface area contributed by atoms with E-state index in [2.05, 4.69) is 10.3 Å². The molecular formula is C13H16N2O2. The molecule has 2 rings (SSSR count). The number of rotatable bonds is 4. The summed E-state index contributed by atoms with van der Waals surface area (Å²) in [5.74, 6) is 0.803. The van der Waals surface area contributed by atoms with Gasteiger partial charge in [0.15, 0.2) is 0 Å². The number of benzene rings is 1. The number of likely N-dealkylation sites (N-methyl/N-ethyl adjacent to an activating group) is 1. The zero-order chi connectivity index (χ0) is 12.3. The number of nitrogens with one attached hydrogen (secondary N) is 2. The number of hydrogen-bond donors (Lipinski definition) is 2. The van der Waals surface area contributed by atoms with Crippen LogP contribution < -0.4 is 15.6 Å². The fraction of sp³-hybridized carbons (Fsp3) is 0.308. The average molecular weight is 232 g/mol. The number of aromatic amines is 1. The molecule has 0 unspecified atom stereocenters. The van der Waals surface area contributed by atoms with Gasteiger partial charge >= 0.3 is 0 Å². The molecule has 1 aromatic heterocycles. The summed E-state index contributed by atoms with van der Waals surface area (Å²) in [5, 5.41) is 3.97. The SMILES string of the molecule is CNCCOc1ccc(C)c2[nH]c(=O)ccc12. The molecule has 0 saturated heterocycles. The van der Waals surface area contributed by atoms with E-state index >= 15 is 0 Å². The van der Waals surface area contributed by atoms with E-state index in [1.54, 1.807) is 6.07 Å². The van der Waals surface area contributed by atoms with Crippen molar-refractivity contribution in [3.8, 4) is 5.75 Å². The summed E-state index contributed by atoms with van der Waals surface area (Å²) in [6.07, 6.45) is 0. The van der Waals surface area contributed by atoms with E-state index < -0.39 is 0 Å². The minimum atomic E-state index is -0.0898. The van der Waals surface area contributed by atoms with E-state index in [0.717, 1.165) is 28.8 Å². The van der Waals surface area contributed by atoms with Crippen LogP contribution in [-0.2, 0) is 0 Å². The Balaban J connectivity index is 2.43. The number of pyridine rings is 1. The van der Waals surface area contributed by atoms with Gasteiger partial charge in [-0.05, 0) is 31.7 Å². The van der Waals surface area contributed by atoms with Crippen molar-refractivity contribution in [3.63, 3.8) is 0 Å². The normalized spacial score (nSPS) is 10.7. The largest absolute Gasteiger partial charge is 0.492 e. The van der Waals surface area contributed by atoms with Crippen molar-refractivity contribution < 1.29 is 4.74 Å². The van der Waals surface area contributed by atoms with Crippen LogP contribution in [0.3, 0.4) is 0 Å². The highest BCUT2D eigenvalue weighted by molar-refractivity contribution is 5.87. The molecule has 0 saturated carbocycles. The summed E-state index contributed by atoms with van der Waals surface area (Å²) in [4.78, 5) is 14.1. The molecule has 0 fully saturated rings. The standard InChI is InChI=1S/C13H16N2O2/c1-9-3-5-11(17-8-7-14-2)10-4-6-12(16)15-13(9)10/h3-6,14H,7-8H2,1-2H3,(H,15,16). The Morgan fingerprint density at radius 2 is 2.12 bits per heavy atom. The van der Waals surface area contributed by atoms with Gasteiger partial charge in [-0.2, -0.15) is 0 Å². The second-order valence-corrected chi connectivity index (χ2v) is 3.94. The Morgan fingerprint density at radius 1 is 1.29 bits per heavy atom. The molecular weight excluding hydrogens is 216 g/mol. The predicted molar refractivity (Wildman–Crippen MR) is 68.7 cm³/mol. The first-order valence-electron chi connectivity index (χ1n) is 5.62. The van der Waals surface area contributed by atoms with Crippen LogP contribution in [0.25, 0.3) is 10.9 Å². The maximum atomic E-state index is 11.3. The Hall–Kier alpha value is -1.81. The lowest BCUT2D eigenvalue weighted by Gasteiger charge is -2.10. The lowest BCUT2D eigenvalue weighted by molar-refractivity contribution is 0.322. The van der Waals surface area contributed by atoms with Crippen molar-refractivity contribution in [3.05, 3.63) is 40.2 Å². The lowest BCUT2D eigenvalue weighted by atomic mass is 10.1. The van der Waals surface area contributed by atoms with Crippen LogP contribution in [0.4, 0.5) is 0 Å². The number of ether oxygens (including phenoxy) is 1. The Bertz CT molecular complexity index is 575. The molecule has 17 heavy (non-hydrogen) atoms. The Labute approximate surface area is 99.6 Å². The van der Waals surface area contributed by atoms with Gasteiger partial charge in [0.1, 0.15) is 12.4 Å². The summed E-state index contributed by atoms with van der Waals surface area (Å²) in [7, 11) is 1.88. The molecule has 1 aromatic carbocycles. The molecule has 0 radical (unpaired) electrons. The van der Waals surface area contributed by atoms with Gasteiger partial charge < -0.3 is 15.0 Å². The van der Waals surface area contributed by atoms with Gasteiger partial charge in [0, 0.05) is 18.0 Å². The minimum Gasteiger partial charge on any atom is -0.492 e. The fourth-order valence-corrected chi connectivity index (χ4v) is 1.75. The Kier molecular flexibility index (Phi) is 3.44. The molecule has 4 heteroatoms. The molecule has 0 atom stereocenters.